The van der Waals surface area contributed by atoms with Crippen LogP contribution in [0.15, 0.2) is 60.8 Å². The van der Waals surface area contributed by atoms with Gasteiger partial charge in [0.15, 0.2) is 0 Å². The Hall–Kier alpha value is -3.32. The van der Waals surface area contributed by atoms with Crippen molar-refractivity contribution in [3.63, 3.8) is 0 Å². The molecule has 0 aliphatic carbocycles. The van der Waals surface area contributed by atoms with E-state index in [1.54, 1.807) is 6.07 Å². The highest BCUT2D eigenvalue weighted by molar-refractivity contribution is 5.96. The molecule has 1 amide bonds. The molecule has 0 fully saturated rings. The third-order valence-electron chi connectivity index (χ3n) is 5.25. The minimum Gasteiger partial charge on any atom is -0.333 e. The smallest absolute Gasteiger partial charge is 0.272 e. The molecule has 0 saturated heterocycles. The SMILES string of the molecule is CCc1ccc(-n2ccc(C#N)c2C(=O)N2CCc3ccccc3C2)cc1. The average molecular weight is 355 g/mol. The van der Waals surface area contributed by atoms with Crippen LogP contribution in [0.1, 0.15) is 39.7 Å². The van der Waals surface area contributed by atoms with Crippen LogP contribution in [0.2, 0.25) is 0 Å². The van der Waals surface area contributed by atoms with Crippen LogP contribution in [0, 0.1) is 11.3 Å². The van der Waals surface area contributed by atoms with Crippen molar-refractivity contribution >= 4 is 5.91 Å². The van der Waals surface area contributed by atoms with E-state index in [1.807, 2.05) is 39.9 Å². The molecule has 1 aliphatic rings. The Morgan fingerprint density at radius 2 is 1.81 bits per heavy atom. The fourth-order valence-corrected chi connectivity index (χ4v) is 3.67. The van der Waals surface area contributed by atoms with Crippen molar-refractivity contribution in [1.82, 2.24) is 9.47 Å². The predicted molar refractivity (Wildman–Crippen MR) is 105 cm³/mol. The van der Waals surface area contributed by atoms with Crippen LogP contribution < -0.4 is 0 Å². The Bertz CT molecular complexity index is 1020. The molecule has 0 atom stereocenters. The van der Waals surface area contributed by atoms with E-state index in [1.165, 1.54) is 16.7 Å². The highest BCUT2D eigenvalue weighted by Crippen LogP contribution is 2.24. The number of carbonyl (C=O) groups excluding carboxylic acids is 1. The van der Waals surface area contributed by atoms with E-state index in [0.29, 0.717) is 24.3 Å². The summed E-state index contributed by atoms with van der Waals surface area (Å²) in [6, 6.07) is 20.3. The number of nitriles is 1. The maximum absolute atomic E-state index is 13.3. The van der Waals surface area contributed by atoms with Gasteiger partial charge in [0.05, 0.1) is 5.56 Å². The number of amides is 1. The molecule has 0 saturated carbocycles. The lowest BCUT2D eigenvalue weighted by molar-refractivity contribution is 0.0726. The number of fused-ring (bicyclic) bond motifs is 1. The first kappa shape index (κ1) is 17.1. The molecule has 134 valence electrons. The molecule has 0 unspecified atom stereocenters. The third-order valence-corrected chi connectivity index (χ3v) is 5.25. The first-order chi connectivity index (χ1) is 13.2. The number of benzene rings is 2. The Labute approximate surface area is 159 Å². The molecule has 4 heteroatoms. The number of aryl methyl sites for hydroxylation is 1. The third kappa shape index (κ3) is 3.13. The summed E-state index contributed by atoms with van der Waals surface area (Å²) in [5.74, 6) is -0.0920. The zero-order valence-electron chi connectivity index (χ0n) is 15.4. The molecule has 1 aliphatic heterocycles. The van der Waals surface area contributed by atoms with Gasteiger partial charge in [-0.2, -0.15) is 5.26 Å². The van der Waals surface area contributed by atoms with E-state index >= 15 is 0 Å². The summed E-state index contributed by atoms with van der Waals surface area (Å²) in [7, 11) is 0. The van der Waals surface area contributed by atoms with Crippen molar-refractivity contribution in [2.45, 2.75) is 26.3 Å². The van der Waals surface area contributed by atoms with Crippen LogP contribution in [0.3, 0.4) is 0 Å². The Kier molecular flexibility index (Phi) is 4.52. The second kappa shape index (κ2) is 7.13. The van der Waals surface area contributed by atoms with Gasteiger partial charge in [-0.15, -0.1) is 0 Å². The molecular weight excluding hydrogens is 334 g/mol. The molecule has 0 bridgehead atoms. The largest absolute Gasteiger partial charge is 0.333 e. The number of hydrogen-bond donors (Lipinski definition) is 0. The highest BCUT2D eigenvalue weighted by atomic mass is 16.2. The molecule has 3 aromatic rings. The second-order valence-corrected chi connectivity index (χ2v) is 6.83. The lowest BCUT2D eigenvalue weighted by atomic mass is 9.99. The maximum Gasteiger partial charge on any atom is 0.272 e. The van der Waals surface area contributed by atoms with E-state index in [0.717, 1.165) is 18.5 Å². The van der Waals surface area contributed by atoms with Crippen molar-refractivity contribution in [2.24, 2.45) is 0 Å². The van der Waals surface area contributed by atoms with Gasteiger partial charge in [-0.05, 0) is 47.7 Å². The number of nitrogens with zero attached hydrogens (tertiary/aromatic N) is 3. The first-order valence-corrected chi connectivity index (χ1v) is 9.28. The monoisotopic (exact) mass is 355 g/mol. The van der Waals surface area contributed by atoms with Gasteiger partial charge in [-0.3, -0.25) is 4.79 Å². The molecule has 4 rings (SSSR count). The van der Waals surface area contributed by atoms with Crippen LogP contribution in [0.25, 0.3) is 5.69 Å². The molecule has 27 heavy (non-hydrogen) atoms. The number of carbonyl (C=O) groups is 1. The normalized spacial score (nSPS) is 13.1. The number of rotatable bonds is 3. The molecule has 2 aromatic carbocycles. The number of hydrogen-bond acceptors (Lipinski definition) is 2. The van der Waals surface area contributed by atoms with E-state index in [9.17, 15) is 10.1 Å². The average Bonchev–Trinajstić information content (AvgIpc) is 3.17. The zero-order chi connectivity index (χ0) is 18.8. The van der Waals surface area contributed by atoms with Gasteiger partial charge in [-0.25, -0.2) is 0 Å². The molecule has 1 aromatic heterocycles. The zero-order valence-corrected chi connectivity index (χ0v) is 15.4. The molecular formula is C23H21N3O. The second-order valence-electron chi connectivity index (χ2n) is 6.83. The van der Waals surface area contributed by atoms with Crippen LogP contribution >= 0.6 is 0 Å². The van der Waals surface area contributed by atoms with Crippen molar-refractivity contribution in [1.29, 1.82) is 5.26 Å². The lowest BCUT2D eigenvalue weighted by Gasteiger charge is -2.29. The summed E-state index contributed by atoms with van der Waals surface area (Å²) < 4.78 is 1.83. The molecule has 4 nitrogen and oxygen atoms in total. The van der Waals surface area contributed by atoms with Gasteiger partial charge in [-0.1, -0.05) is 43.3 Å². The fraction of sp³-hybridized carbons (Fsp3) is 0.217. The van der Waals surface area contributed by atoms with E-state index < -0.39 is 0 Å². The minimum absolute atomic E-state index is 0.0920. The van der Waals surface area contributed by atoms with Crippen molar-refractivity contribution in [2.75, 3.05) is 6.54 Å². The molecule has 2 heterocycles. The summed E-state index contributed by atoms with van der Waals surface area (Å²) in [5.41, 5.74) is 5.48. The van der Waals surface area contributed by atoms with Gasteiger partial charge in [0.1, 0.15) is 11.8 Å². The van der Waals surface area contributed by atoms with Gasteiger partial charge < -0.3 is 9.47 Å². The highest BCUT2D eigenvalue weighted by Gasteiger charge is 2.26. The van der Waals surface area contributed by atoms with Crippen LogP contribution in [-0.4, -0.2) is 21.9 Å². The van der Waals surface area contributed by atoms with Crippen LogP contribution in [0.4, 0.5) is 0 Å². The fourth-order valence-electron chi connectivity index (χ4n) is 3.67. The first-order valence-electron chi connectivity index (χ1n) is 9.28. The summed E-state index contributed by atoms with van der Waals surface area (Å²) >= 11 is 0. The summed E-state index contributed by atoms with van der Waals surface area (Å²) in [4.78, 5) is 15.2. The van der Waals surface area contributed by atoms with Crippen molar-refractivity contribution in [3.05, 3.63) is 88.7 Å². The summed E-state index contributed by atoms with van der Waals surface area (Å²) in [6.45, 7) is 3.36. The standard InChI is InChI=1S/C23H21N3O/c1-2-17-7-9-21(10-8-17)26-14-12-19(15-24)22(26)23(27)25-13-11-18-5-3-4-6-20(18)16-25/h3-10,12,14H,2,11,13,16H2,1H3. The Balaban J connectivity index is 1.70. The quantitative estimate of drug-likeness (QED) is 0.710. The summed E-state index contributed by atoms with van der Waals surface area (Å²) in [6.07, 6.45) is 3.62. The van der Waals surface area contributed by atoms with Crippen LogP contribution in [-0.2, 0) is 19.4 Å². The minimum atomic E-state index is -0.0920. The van der Waals surface area contributed by atoms with Crippen molar-refractivity contribution < 1.29 is 4.79 Å². The van der Waals surface area contributed by atoms with Crippen LogP contribution in [0.5, 0.6) is 0 Å². The van der Waals surface area contributed by atoms with Gasteiger partial charge in [0.25, 0.3) is 5.91 Å². The number of aromatic nitrogens is 1. The predicted octanol–water partition coefficient (Wildman–Crippen LogP) is 4.11. The van der Waals surface area contributed by atoms with E-state index in [-0.39, 0.29) is 5.91 Å². The Morgan fingerprint density at radius 1 is 1.07 bits per heavy atom. The van der Waals surface area contributed by atoms with E-state index in [4.69, 9.17) is 0 Å². The Morgan fingerprint density at radius 3 is 2.52 bits per heavy atom. The molecule has 0 radical (unpaired) electrons. The molecule has 0 N–H and O–H groups in total. The maximum atomic E-state index is 13.3. The van der Waals surface area contributed by atoms with Gasteiger partial charge in [0.2, 0.25) is 0 Å². The van der Waals surface area contributed by atoms with E-state index in [2.05, 4.69) is 37.3 Å². The van der Waals surface area contributed by atoms with Gasteiger partial charge >= 0.3 is 0 Å². The van der Waals surface area contributed by atoms with Crippen molar-refractivity contribution in [3.8, 4) is 11.8 Å². The summed E-state index contributed by atoms with van der Waals surface area (Å²) in [5, 5.41) is 9.53. The lowest BCUT2D eigenvalue weighted by Crippen LogP contribution is -2.37. The van der Waals surface area contributed by atoms with Gasteiger partial charge in [0, 0.05) is 25.0 Å². The topological polar surface area (TPSA) is 49.0 Å². The molecule has 0 spiro atoms.